The summed E-state index contributed by atoms with van der Waals surface area (Å²) in [6.07, 6.45) is 7.02. The molecular formula is C15H20ClNO. The van der Waals surface area contributed by atoms with Crippen LogP contribution in [0.25, 0.3) is 0 Å². The molecule has 1 amide bonds. The Bertz CT molecular complexity index is 382. The highest BCUT2D eigenvalue weighted by Gasteiger charge is 2.15. The highest BCUT2D eigenvalue weighted by atomic mass is 35.5. The fourth-order valence-corrected chi connectivity index (χ4v) is 2.65. The van der Waals surface area contributed by atoms with E-state index in [2.05, 4.69) is 5.32 Å². The van der Waals surface area contributed by atoms with Crippen molar-refractivity contribution < 1.29 is 4.79 Å². The SMILES string of the molecule is O=C(CCC1CCCC1)NCc1ccc(Cl)cc1. The van der Waals surface area contributed by atoms with Crippen LogP contribution in [0.1, 0.15) is 44.1 Å². The van der Waals surface area contributed by atoms with E-state index in [0.717, 1.165) is 22.9 Å². The van der Waals surface area contributed by atoms with Gasteiger partial charge in [-0.1, -0.05) is 49.4 Å². The lowest BCUT2D eigenvalue weighted by Crippen LogP contribution is -2.22. The van der Waals surface area contributed by atoms with E-state index in [0.29, 0.717) is 13.0 Å². The molecule has 0 saturated heterocycles. The first-order valence-corrected chi connectivity index (χ1v) is 7.13. The topological polar surface area (TPSA) is 29.1 Å². The summed E-state index contributed by atoms with van der Waals surface area (Å²) in [5, 5.41) is 3.69. The van der Waals surface area contributed by atoms with Gasteiger partial charge in [0.05, 0.1) is 0 Å². The summed E-state index contributed by atoms with van der Waals surface area (Å²) in [5.41, 5.74) is 1.09. The number of carbonyl (C=O) groups is 1. The molecule has 1 aromatic carbocycles. The van der Waals surface area contributed by atoms with E-state index < -0.39 is 0 Å². The highest BCUT2D eigenvalue weighted by Crippen LogP contribution is 2.28. The van der Waals surface area contributed by atoms with Crippen LogP contribution in [0.2, 0.25) is 5.02 Å². The maximum absolute atomic E-state index is 11.7. The summed E-state index contributed by atoms with van der Waals surface area (Å²) < 4.78 is 0. The van der Waals surface area contributed by atoms with Crippen LogP contribution in [0.5, 0.6) is 0 Å². The minimum atomic E-state index is 0.164. The van der Waals surface area contributed by atoms with Crippen LogP contribution < -0.4 is 5.32 Å². The second kappa shape index (κ2) is 6.79. The number of hydrogen-bond acceptors (Lipinski definition) is 1. The van der Waals surface area contributed by atoms with Crippen molar-refractivity contribution >= 4 is 17.5 Å². The third-order valence-electron chi connectivity index (χ3n) is 3.66. The van der Waals surface area contributed by atoms with Gasteiger partial charge in [-0.05, 0) is 30.0 Å². The molecule has 0 heterocycles. The smallest absolute Gasteiger partial charge is 0.220 e. The molecule has 1 fully saturated rings. The lowest BCUT2D eigenvalue weighted by Gasteiger charge is -2.09. The molecule has 1 saturated carbocycles. The van der Waals surface area contributed by atoms with Gasteiger partial charge in [0.2, 0.25) is 5.91 Å². The third-order valence-corrected chi connectivity index (χ3v) is 3.91. The molecule has 0 radical (unpaired) electrons. The number of amides is 1. The minimum absolute atomic E-state index is 0.164. The molecule has 0 bridgehead atoms. The van der Waals surface area contributed by atoms with Crippen molar-refractivity contribution in [1.82, 2.24) is 5.32 Å². The Morgan fingerprint density at radius 1 is 1.22 bits per heavy atom. The van der Waals surface area contributed by atoms with E-state index in [-0.39, 0.29) is 5.91 Å². The average Bonchev–Trinajstić information content (AvgIpc) is 2.89. The standard InChI is InChI=1S/C15H20ClNO/c16-14-8-5-13(6-9-14)11-17-15(18)10-7-12-3-1-2-4-12/h5-6,8-9,12H,1-4,7,10-11H2,(H,17,18). The second-order valence-electron chi connectivity index (χ2n) is 5.09. The van der Waals surface area contributed by atoms with E-state index >= 15 is 0 Å². The van der Waals surface area contributed by atoms with Crippen LogP contribution in [-0.2, 0) is 11.3 Å². The maximum Gasteiger partial charge on any atom is 0.220 e. The van der Waals surface area contributed by atoms with Crippen LogP contribution in [0.15, 0.2) is 24.3 Å². The molecule has 1 N–H and O–H groups in total. The fraction of sp³-hybridized carbons (Fsp3) is 0.533. The second-order valence-corrected chi connectivity index (χ2v) is 5.53. The summed E-state index contributed by atoms with van der Waals surface area (Å²) in [4.78, 5) is 11.7. The molecule has 0 atom stereocenters. The lowest BCUT2D eigenvalue weighted by molar-refractivity contribution is -0.121. The van der Waals surface area contributed by atoms with Gasteiger partial charge in [-0.3, -0.25) is 4.79 Å². The Morgan fingerprint density at radius 3 is 2.56 bits per heavy atom. The van der Waals surface area contributed by atoms with Crippen molar-refractivity contribution in [2.75, 3.05) is 0 Å². The van der Waals surface area contributed by atoms with E-state index in [1.807, 2.05) is 24.3 Å². The summed E-state index contributed by atoms with van der Waals surface area (Å²) >= 11 is 5.81. The van der Waals surface area contributed by atoms with Gasteiger partial charge in [-0.15, -0.1) is 0 Å². The predicted octanol–water partition coefficient (Wildman–Crippen LogP) is 3.93. The monoisotopic (exact) mass is 265 g/mol. The van der Waals surface area contributed by atoms with Gasteiger partial charge in [0.1, 0.15) is 0 Å². The Balaban J connectivity index is 1.66. The van der Waals surface area contributed by atoms with Gasteiger partial charge >= 0.3 is 0 Å². The number of halogens is 1. The normalized spacial score (nSPS) is 15.8. The maximum atomic E-state index is 11.7. The van der Waals surface area contributed by atoms with Gasteiger partial charge < -0.3 is 5.32 Å². The van der Waals surface area contributed by atoms with Crippen molar-refractivity contribution in [3.05, 3.63) is 34.9 Å². The number of carbonyl (C=O) groups excluding carboxylic acids is 1. The highest BCUT2D eigenvalue weighted by molar-refractivity contribution is 6.30. The first-order valence-electron chi connectivity index (χ1n) is 6.75. The molecule has 2 nitrogen and oxygen atoms in total. The van der Waals surface area contributed by atoms with Crippen molar-refractivity contribution in [3.8, 4) is 0 Å². The number of rotatable bonds is 5. The van der Waals surface area contributed by atoms with E-state index in [1.165, 1.54) is 25.7 Å². The molecule has 3 heteroatoms. The zero-order chi connectivity index (χ0) is 12.8. The zero-order valence-corrected chi connectivity index (χ0v) is 11.4. The van der Waals surface area contributed by atoms with Gasteiger partial charge in [0, 0.05) is 18.0 Å². The van der Waals surface area contributed by atoms with Crippen molar-refractivity contribution in [2.24, 2.45) is 5.92 Å². The van der Waals surface area contributed by atoms with Crippen LogP contribution >= 0.6 is 11.6 Å². The number of nitrogens with one attached hydrogen (secondary N) is 1. The van der Waals surface area contributed by atoms with Crippen LogP contribution in [-0.4, -0.2) is 5.91 Å². The average molecular weight is 266 g/mol. The molecule has 0 aromatic heterocycles. The van der Waals surface area contributed by atoms with Crippen LogP contribution in [0.3, 0.4) is 0 Å². The molecule has 98 valence electrons. The first-order chi connectivity index (χ1) is 8.74. The van der Waals surface area contributed by atoms with Gasteiger partial charge in [-0.2, -0.15) is 0 Å². The molecule has 18 heavy (non-hydrogen) atoms. The Labute approximate surface area is 114 Å². The van der Waals surface area contributed by atoms with E-state index in [4.69, 9.17) is 11.6 Å². The number of benzene rings is 1. The first kappa shape index (κ1) is 13.4. The Morgan fingerprint density at radius 2 is 1.89 bits per heavy atom. The van der Waals surface area contributed by atoms with Gasteiger partial charge in [0.15, 0.2) is 0 Å². The summed E-state index contributed by atoms with van der Waals surface area (Å²) in [6, 6.07) is 7.59. The summed E-state index contributed by atoms with van der Waals surface area (Å²) in [6.45, 7) is 0.598. The largest absolute Gasteiger partial charge is 0.352 e. The quantitative estimate of drug-likeness (QED) is 0.859. The van der Waals surface area contributed by atoms with Gasteiger partial charge in [0.25, 0.3) is 0 Å². The molecule has 1 aliphatic rings. The summed E-state index contributed by atoms with van der Waals surface area (Å²) in [7, 11) is 0. The fourth-order valence-electron chi connectivity index (χ4n) is 2.53. The molecule has 1 aliphatic carbocycles. The van der Waals surface area contributed by atoms with Crippen molar-refractivity contribution in [2.45, 2.75) is 45.1 Å². The van der Waals surface area contributed by atoms with Crippen LogP contribution in [0, 0.1) is 5.92 Å². The lowest BCUT2D eigenvalue weighted by atomic mass is 10.0. The van der Waals surface area contributed by atoms with Crippen molar-refractivity contribution in [1.29, 1.82) is 0 Å². The minimum Gasteiger partial charge on any atom is -0.352 e. The Kier molecular flexibility index (Phi) is 5.06. The Hall–Kier alpha value is -1.02. The third kappa shape index (κ3) is 4.34. The predicted molar refractivity (Wildman–Crippen MR) is 74.5 cm³/mol. The zero-order valence-electron chi connectivity index (χ0n) is 10.6. The van der Waals surface area contributed by atoms with Crippen molar-refractivity contribution in [3.63, 3.8) is 0 Å². The molecule has 2 rings (SSSR count). The molecule has 0 aliphatic heterocycles. The molecule has 0 unspecified atom stereocenters. The molecule has 1 aromatic rings. The van der Waals surface area contributed by atoms with Gasteiger partial charge in [-0.25, -0.2) is 0 Å². The van der Waals surface area contributed by atoms with Crippen LogP contribution in [0.4, 0.5) is 0 Å². The molecule has 0 spiro atoms. The number of hydrogen-bond donors (Lipinski definition) is 1. The van der Waals surface area contributed by atoms with E-state index in [1.54, 1.807) is 0 Å². The van der Waals surface area contributed by atoms with E-state index in [9.17, 15) is 4.79 Å². The molecular weight excluding hydrogens is 246 g/mol. The summed E-state index contributed by atoms with van der Waals surface area (Å²) in [5.74, 6) is 0.947.